The van der Waals surface area contributed by atoms with Crippen molar-refractivity contribution in [3.05, 3.63) is 72.0 Å². The maximum atomic E-state index is 6.32. The third-order valence-electron chi connectivity index (χ3n) is 6.20. The van der Waals surface area contributed by atoms with Crippen molar-refractivity contribution < 1.29 is 23.6 Å². The van der Waals surface area contributed by atoms with E-state index in [-0.39, 0.29) is 13.0 Å². The number of ether oxygens (including phenoxy) is 4. The Morgan fingerprint density at radius 1 is 0.806 bits per heavy atom. The van der Waals surface area contributed by atoms with E-state index in [1.807, 2.05) is 48.5 Å². The minimum atomic E-state index is -0.0338. The third-order valence-corrected chi connectivity index (χ3v) is 6.20. The Morgan fingerprint density at radius 3 is 1.83 bits per heavy atom. The Balaban J connectivity index is 1.90. The molecule has 5 nitrogen and oxygen atoms in total. The molecule has 0 heterocycles. The molecule has 0 aliphatic rings. The summed E-state index contributed by atoms with van der Waals surface area (Å²) in [5.74, 6) is 2.50. The van der Waals surface area contributed by atoms with Crippen LogP contribution in [0.2, 0.25) is 12.6 Å². The van der Waals surface area contributed by atoms with Gasteiger partial charge in [-0.3, -0.25) is 0 Å². The van der Waals surface area contributed by atoms with Crippen LogP contribution in [0.3, 0.4) is 0 Å². The van der Waals surface area contributed by atoms with Crippen LogP contribution < -0.4 is 9.47 Å². The van der Waals surface area contributed by atoms with Crippen LogP contribution in [0.25, 0.3) is 0 Å². The van der Waals surface area contributed by atoms with Crippen LogP contribution in [0.4, 0.5) is 0 Å². The molecule has 0 fully saturated rings. The van der Waals surface area contributed by atoms with Crippen LogP contribution >= 0.6 is 0 Å². The molecule has 0 radical (unpaired) electrons. The lowest BCUT2D eigenvalue weighted by Crippen LogP contribution is -2.22. The zero-order valence-electron chi connectivity index (χ0n) is 22.8. The third kappa shape index (κ3) is 12.0. The molecule has 0 aliphatic carbocycles. The van der Waals surface area contributed by atoms with E-state index in [0.717, 1.165) is 47.4 Å². The van der Waals surface area contributed by atoms with Crippen LogP contribution in [0, 0.1) is 0 Å². The Morgan fingerprint density at radius 2 is 1.33 bits per heavy atom. The van der Waals surface area contributed by atoms with Crippen LogP contribution in [-0.4, -0.2) is 33.8 Å². The molecular weight excluding hydrogens is 451 g/mol. The van der Waals surface area contributed by atoms with E-state index >= 15 is 0 Å². The highest BCUT2D eigenvalue weighted by atomic mass is 16.5. The lowest BCUT2D eigenvalue weighted by Gasteiger charge is -2.23. The fourth-order valence-electron chi connectivity index (χ4n) is 3.97. The monoisotopic (exact) mass is 496 g/mol. The molecule has 0 saturated heterocycles. The van der Waals surface area contributed by atoms with Gasteiger partial charge in [0.2, 0.25) is 0 Å². The summed E-state index contributed by atoms with van der Waals surface area (Å²) < 4.78 is 29.1. The summed E-state index contributed by atoms with van der Waals surface area (Å²) in [6.07, 6.45) is 8.27. The van der Waals surface area contributed by atoms with Gasteiger partial charge in [0.1, 0.15) is 11.5 Å². The number of benzene rings is 2. The Bertz CT molecular complexity index is 829. The molecule has 0 aliphatic heterocycles. The first kappa shape index (κ1) is 29.8. The van der Waals surface area contributed by atoms with Crippen molar-refractivity contribution >= 4 is 6.92 Å². The summed E-state index contributed by atoms with van der Waals surface area (Å²) in [6.45, 7) is 10.6. The van der Waals surface area contributed by atoms with Gasteiger partial charge < -0.3 is 23.6 Å². The van der Waals surface area contributed by atoms with Gasteiger partial charge in [0.05, 0.1) is 39.3 Å². The van der Waals surface area contributed by atoms with E-state index in [1.165, 1.54) is 25.7 Å². The molecule has 0 bridgehead atoms. The van der Waals surface area contributed by atoms with Gasteiger partial charge in [-0.25, -0.2) is 0 Å². The Hall–Kier alpha value is -2.44. The van der Waals surface area contributed by atoms with Gasteiger partial charge in [0.15, 0.2) is 0 Å². The Labute approximate surface area is 219 Å². The molecule has 1 atom stereocenters. The number of hydrogen-bond donors (Lipinski definition) is 0. The molecule has 0 spiro atoms. The SMILES string of the molecule is C=C(CC(CCOCc1ccc(OC)cc1)OCc1ccc(OC)cc1)OB(CCCC)CCCC. The summed E-state index contributed by atoms with van der Waals surface area (Å²) >= 11 is 0. The van der Waals surface area contributed by atoms with Gasteiger partial charge in [-0.1, -0.05) is 70.4 Å². The van der Waals surface area contributed by atoms with E-state index in [1.54, 1.807) is 14.2 Å². The standard InChI is InChI=1S/C30H45BO5/c1-6-8-19-31(20-9-7-2)36-25(3)22-30(35-24-27-12-16-29(33-5)17-13-27)18-21-34-23-26-10-14-28(32-4)15-11-26/h10-17,30H,3,6-9,18-24H2,1-2,4-5H3. The summed E-state index contributed by atoms with van der Waals surface area (Å²) in [7, 11) is 3.35. The molecule has 1 unspecified atom stereocenters. The normalized spacial score (nSPS) is 11.7. The molecule has 0 amide bonds. The number of methoxy groups -OCH3 is 2. The van der Waals surface area contributed by atoms with Crippen molar-refractivity contribution in [3.63, 3.8) is 0 Å². The molecule has 198 valence electrons. The van der Waals surface area contributed by atoms with Gasteiger partial charge in [-0.05, 0) is 54.5 Å². The number of unbranched alkanes of at least 4 members (excludes halogenated alkanes) is 2. The number of rotatable bonds is 20. The van der Waals surface area contributed by atoms with E-state index in [0.29, 0.717) is 26.2 Å². The summed E-state index contributed by atoms with van der Waals surface area (Å²) in [6, 6.07) is 15.9. The largest absolute Gasteiger partial charge is 0.564 e. The zero-order chi connectivity index (χ0) is 26.0. The predicted molar refractivity (Wildman–Crippen MR) is 149 cm³/mol. The predicted octanol–water partition coefficient (Wildman–Crippen LogP) is 7.71. The molecule has 0 N–H and O–H groups in total. The highest BCUT2D eigenvalue weighted by Gasteiger charge is 2.20. The molecule has 2 rings (SSSR count). The van der Waals surface area contributed by atoms with E-state index in [2.05, 4.69) is 20.4 Å². The minimum Gasteiger partial charge on any atom is -0.564 e. The highest BCUT2D eigenvalue weighted by Crippen LogP contribution is 2.21. The van der Waals surface area contributed by atoms with Crippen molar-refractivity contribution in [1.29, 1.82) is 0 Å². The second-order valence-corrected chi connectivity index (χ2v) is 9.24. The van der Waals surface area contributed by atoms with Crippen LogP contribution in [-0.2, 0) is 27.3 Å². The zero-order valence-corrected chi connectivity index (χ0v) is 22.8. The molecular formula is C30H45BO5. The van der Waals surface area contributed by atoms with Gasteiger partial charge in [0.25, 0.3) is 0 Å². The van der Waals surface area contributed by atoms with Gasteiger partial charge in [-0.2, -0.15) is 0 Å². The molecule has 0 aromatic heterocycles. The van der Waals surface area contributed by atoms with E-state index in [9.17, 15) is 0 Å². The molecule has 2 aromatic rings. The average Bonchev–Trinajstić information content (AvgIpc) is 2.91. The maximum absolute atomic E-state index is 6.32. The second kappa shape index (κ2) is 17.9. The lowest BCUT2D eigenvalue weighted by atomic mass is 9.59. The Kier molecular flexibility index (Phi) is 14.8. The molecule has 6 heteroatoms. The van der Waals surface area contributed by atoms with Crippen LogP contribution in [0.15, 0.2) is 60.9 Å². The van der Waals surface area contributed by atoms with Gasteiger partial charge in [0, 0.05) is 13.0 Å². The first-order valence-corrected chi connectivity index (χ1v) is 13.4. The topological polar surface area (TPSA) is 46.2 Å². The second-order valence-electron chi connectivity index (χ2n) is 9.24. The van der Waals surface area contributed by atoms with Crippen molar-refractivity contribution in [1.82, 2.24) is 0 Å². The summed E-state index contributed by atoms with van der Waals surface area (Å²) in [4.78, 5) is 0. The average molecular weight is 496 g/mol. The molecule has 2 aromatic carbocycles. The fraction of sp³-hybridized carbons (Fsp3) is 0.533. The first-order valence-electron chi connectivity index (χ1n) is 13.4. The number of hydrogen-bond acceptors (Lipinski definition) is 5. The van der Waals surface area contributed by atoms with E-state index in [4.69, 9.17) is 23.6 Å². The minimum absolute atomic E-state index is 0.0338. The quantitative estimate of drug-likeness (QED) is 0.107. The van der Waals surface area contributed by atoms with Crippen molar-refractivity contribution in [2.24, 2.45) is 0 Å². The van der Waals surface area contributed by atoms with Crippen molar-refractivity contribution in [3.8, 4) is 11.5 Å². The highest BCUT2D eigenvalue weighted by molar-refractivity contribution is 6.52. The fourth-order valence-corrected chi connectivity index (χ4v) is 3.97. The van der Waals surface area contributed by atoms with Crippen LogP contribution in [0.5, 0.6) is 11.5 Å². The lowest BCUT2D eigenvalue weighted by molar-refractivity contribution is 0.00516. The molecule has 0 saturated carbocycles. The van der Waals surface area contributed by atoms with Crippen molar-refractivity contribution in [2.75, 3.05) is 20.8 Å². The van der Waals surface area contributed by atoms with Crippen LogP contribution in [0.1, 0.15) is 63.5 Å². The smallest absolute Gasteiger partial charge is 0.357 e. The van der Waals surface area contributed by atoms with Crippen molar-refractivity contribution in [2.45, 2.75) is 84.3 Å². The molecule has 36 heavy (non-hydrogen) atoms. The first-order chi connectivity index (χ1) is 17.6. The van der Waals surface area contributed by atoms with Gasteiger partial charge in [-0.15, -0.1) is 0 Å². The summed E-state index contributed by atoms with van der Waals surface area (Å²) in [5.41, 5.74) is 2.23. The van der Waals surface area contributed by atoms with E-state index < -0.39 is 0 Å². The van der Waals surface area contributed by atoms with Gasteiger partial charge >= 0.3 is 6.92 Å². The summed E-state index contributed by atoms with van der Waals surface area (Å²) in [5, 5.41) is 0. The maximum Gasteiger partial charge on any atom is 0.357 e.